The predicted molar refractivity (Wildman–Crippen MR) is 72.8 cm³/mol. The van der Waals surface area contributed by atoms with Gasteiger partial charge in [0.05, 0.1) is 25.1 Å². The summed E-state index contributed by atoms with van der Waals surface area (Å²) in [5.41, 5.74) is 4.44. The van der Waals surface area contributed by atoms with Gasteiger partial charge in [0.1, 0.15) is 0 Å². The number of fused-ring (bicyclic) bond motifs is 1. The fraction of sp³-hybridized carbons (Fsp3) is 0.400. The van der Waals surface area contributed by atoms with E-state index in [0.29, 0.717) is 5.88 Å². The Labute approximate surface area is 112 Å². The third-order valence-electron chi connectivity index (χ3n) is 3.76. The number of hydrogen-bond donors (Lipinski definition) is 1. The molecule has 0 bridgehead atoms. The first-order valence-electron chi connectivity index (χ1n) is 6.60. The van der Waals surface area contributed by atoms with Gasteiger partial charge in [0.25, 0.3) is 0 Å². The Morgan fingerprint density at radius 1 is 1.42 bits per heavy atom. The Morgan fingerprint density at radius 3 is 2.95 bits per heavy atom. The van der Waals surface area contributed by atoms with Crippen molar-refractivity contribution in [2.24, 2.45) is 0 Å². The molecule has 1 aliphatic rings. The molecule has 4 nitrogen and oxygen atoms in total. The molecule has 0 fully saturated rings. The average molecular weight is 258 g/mol. The van der Waals surface area contributed by atoms with E-state index in [9.17, 15) is 5.11 Å². The molecule has 0 radical (unpaired) electrons. The highest BCUT2D eigenvalue weighted by Gasteiger charge is 2.23. The Morgan fingerprint density at radius 2 is 2.26 bits per heavy atom. The zero-order chi connectivity index (χ0) is 13.4. The third kappa shape index (κ3) is 2.02. The zero-order valence-corrected chi connectivity index (χ0v) is 11.3. The van der Waals surface area contributed by atoms with E-state index in [1.54, 1.807) is 7.11 Å². The Kier molecular flexibility index (Phi) is 3.03. The van der Waals surface area contributed by atoms with E-state index in [-0.39, 0.29) is 6.10 Å². The van der Waals surface area contributed by atoms with Crippen LogP contribution in [-0.4, -0.2) is 21.8 Å². The van der Waals surface area contributed by atoms with Gasteiger partial charge in [0.15, 0.2) is 0 Å². The van der Waals surface area contributed by atoms with Gasteiger partial charge in [-0.15, -0.1) is 0 Å². The van der Waals surface area contributed by atoms with E-state index in [2.05, 4.69) is 22.5 Å². The van der Waals surface area contributed by atoms with E-state index in [0.717, 1.165) is 36.2 Å². The minimum Gasteiger partial charge on any atom is -0.481 e. The molecule has 19 heavy (non-hydrogen) atoms. The smallest absolute Gasteiger partial charge is 0.213 e. The molecule has 0 amide bonds. The topological polar surface area (TPSA) is 47.3 Å². The molecule has 1 atom stereocenters. The molecule has 1 unspecified atom stereocenters. The molecule has 0 aliphatic heterocycles. The van der Waals surface area contributed by atoms with Gasteiger partial charge in [-0.05, 0) is 38.3 Å². The summed E-state index contributed by atoms with van der Waals surface area (Å²) in [6.45, 7) is 2.06. The average Bonchev–Trinajstić information content (AvgIpc) is 2.77. The summed E-state index contributed by atoms with van der Waals surface area (Å²) in [7, 11) is 1.61. The summed E-state index contributed by atoms with van der Waals surface area (Å²) in [5, 5.41) is 10.1. The minimum absolute atomic E-state index is 0.324. The monoisotopic (exact) mass is 258 g/mol. The van der Waals surface area contributed by atoms with Gasteiger partial charge >= 0.3 is 0 Å². The van der Waals surface area contributed by atoms with Crippen LogP contribution in [0.1, 0.15) is 35.9 Å². The lowest BCUT2D eigenvalue weighted by Gasteiger charge is -2.20. The first-order valence-corrected chi connectivity index (χ1v) is 6.60. The second kappa shape index (κ2) is 4.70. The summed E-state index contributed by atoms with van der Waals surface area (Å²) >= 11 is 0. The van der Waals surface area contributed by atoms with Crippen LogP contribution in [0.3, 0.4) is 0 Å². The van der Waals surface area contributed by atoms with Crippen molar-refractivity contribution < 1.29 is 9.84 Å². The number of nitrogens with zero attached hydrogens (tertiary/aromatic N) is 2. The molecule has 0 saturated heterocycles. The summed E-state index contributed by atoms with van der Waals surface area (Å²) in [4.78, 5) is 4.26. The van der Waals surface area contributed by atoms with E-state index in [4.69, 9.17) is 4.74 Å². The molecule has 4 heteroatoms. The van der Waals surface area contributed by atoms with E-state index < -0.39 is 0 Å². The van der Waals surface area contributed by atoms with Crippen LogP contribution in [0, 0.1) is 6.92 Å². The van der Waals surface area contributed by atoms with Crippen LogP contribution in [0.15, 0.2) is 24.4 Å². The van der Waals surface area contributed by atoms with Crippen LogP contribution < -0.4 is 4.74 Å². The zero-order valence-electron chi connectivity index (χ0n) is 11.3. The Hall–Kier alpha value is -1.81. The number of pyridine rings is 1. The van der Waals surface area contributed by atoms with Gasteiger partial charge in [0.2, 0.25) is 5.88 Å². The molecular weight excluding hydrogens is 240 g/mol. The summed E-state index contributed by atoms with van der Waals surface area (Å²) < 4.78 is 7.27. The summed E-state index contributed by atoms with van der Waals surface area (Å²) in [5.74, 6) is 0.613. The normalized spacial score (nSPS) is 18.2. The Bertz CT molecular complexity index is 587. The fourth-order valence-corrected chi connectivity index (χ4v) is 2.86. The second-order valence-electron chi connectivity index (χ2n) is 4.99. The minimum atomic E-state index is -0.324. The van der Waals surface area contributed by atoms with Gasteiger partial charge in [0, 0.05) is 23.0 Å². The number of aryl methyl sites for hydroxylation is 1. The molecular formula is C15H18N2O2. The molecule has 1 aliphatic carbocycles. The summed E-state index contributed by atoms with van der Waals surface area (Å²) in [6.07, 6.45) is 4.38. The number of rotatable bonds is 2. The number of aromatic nitrogens is 2. The lowest BCUT2D eigenvalue weighted by atomic mass is 9.95. The molecule has 0 aromatic carbocycles. The highest BCUT2D eigenvalue weighted by atomic mass is 16.5. The highest BCUT2D eigenvalue weighted by molar-refractivity contribution is 5.42. The molecule has 0 saturated carbocycles. The van der Waals surface area contributed by atoms with Crippen molar-refractivity contribution in [1.82, 2.24) is 9.55 Å². The SMILES string of the molecule is COc1ccc(-n2c(C)cc3c2CCCC3O)cn1. The number of ether oxygens (including phenoxy) is 1. The van der Waals surface area contributed by atoms with E-state index >= 15 is 0 Å². The molecule has 100 valence electrons. The predicted octanol–water partition coefficient (Wildman–Crippen LogP) is 2.56. The second-order valence-corrected chi connectivity index (χ2v) is 4.99. The van der Waals surface area contributed by atoms with Crippen LogP contribution in [0.2, 0.25) is 0 Å². The van der Waals surface area contributed by atoms with Crippen molar-refractivity contribution in [3.05, 3.63) is 41.3 Å². The van der Waals surface area contributed by atoms with Crippen LogP contribution in [0.4, 0.5) is 0 Å². The first kappa shape index (κ1) is 12.2. The number of hydrogen-bond acceptors (Lipinski definition) is 3. The van der Waals surface area contributed by atoms with Crippen molar-refractivity contribution in [3.63, 3.8) is 0 Å². The van der Waals surface area contributed by atoms with E-state index in [1.807, 2.05) is 18.3 Å². The Balaban J connectivity index is 2.09. The third-order valence-corrected chi connectivity index (χ3v) is 3.76. The van der Waals surface area contributed by atoms with Gasteiger partial charge < -0.3 is 14.4 Å². The van der Waals surface area contributed by atoms with Crippen LogP contribution in [-0.2, 0) is 6.42 Å². The maximum absolute atomic E-state index is 10.1. The largest absolute Gasteiger partial charge is 0.481 e. The van der Waals surface area contributed by atoms with Gasteiger partial charge in [-0.3, -0.25) is 0 Å². The standard InChI is InChI=1S/C15H18N2O2/c1-10-8-12-13(4-3-5-14(12)18)17(10)11-6-7-15(19-2)16-9-11/h6-9,14,18H,3-5H2,1-2H3. The first-order chi connectivity index (χ1) is 9.20. The van der Waals surface area contributed by atoms with Crippen molar-refractivity contribution in [1.29, 1.82) is 0 Å². The lowest BCUT2D eigenvalue weighted by Crippen LogP contribution is -2.11. The maximum Gasteiger partial charge on any atom is 0.213 e. The van der Waals surface area contributed by atoms with Crippen molar-refractivity contribution >= 4 is 0 Å². The van der Waals surface area contributed by atoms with Gasteiger partial charge in [-0.25, -0.2) is 4.98 Å². The number of methoxy groups -OCH3 is 1. The van der Waals surface area contributed by atoms with Crippen LogP contribution in [0.25, 0.3) is 5.69 Å². The van der Waals surface area contributed by atoms with Crippen LogP contribution >= 0.6 is 0 Å². The quantitative estimate of drug-likeness (QED) is 0.900. The lowest BCUT2D eigenvalue weighted by molar-refractivity contribution is 0.156. The fourth-order valence-electron chi connectivity index (χ4n) is 2.86. The van der Waals surface area contributed by atoms with Crippen molar-refractivity contribution in [2.75, 3.05) is 7.11 Å². The number of aliphatic hydroxyl groups excluding tert-OH is 1. The van der Waals surface area contributed by atoms with Gasteiger partial charge in [-0.1, -0.05) is 0 Å². The molecule has 1 N–H and O–H groups in total. The van der Waals surface area contributed by atoms with E-state index in [1.165, 1.54) is 5.69 Å². The summed E-state index contributed by atoms with van der Waals surface area (Å²) in [6, 6.07) is 5.95. The van der Waals surface area contributed by atoms with Crippen LogP contribution in [0.5, 0.6) is 5.88 Å². The molecule has 2 aromatic heterocycles. The van der Waals surface area contributed by atoms with Crippen molar-refractivity contribution in [3.8, 4) is 11.6 Å². The highest BCUT2D eigenvalue weighted by Crippen LogP contribution is 2.33. The molecule has 2 aromatic rings. The molecule has 2 heterocycles. The van der Waals surface area contributed by atoms with Crippen molar-refractivity contribution in [2.45, 2.75) is 32.3 Å². The van der Waals surface area contributed by atoms with Gasteiger partial charge in [-0.2, -0.15) is 0 Å². The molecule has 3 rings (SSSR count). The molecule has 0 spiro atoms. The number of aliphatic hydroxyl groups is 1. The maximum atomic E-state index is 10.1.